The highest BCUT2D eigenvalue weighted by Gasteiger charge is 2.33. The van der Waals surface area contributed by atoms with Gasteiger partial charge >= 0.3 is 0 Å². The van der Waals surface area contributed by atoms with Crippen molar-refractivity contribution in [2.45, 2.75) is 25.5 Å². The molecule has 1 aliphatic rings. The number of ether oxygens (including phenoxy) is 1. The fourth-order valence-electron chi connectivity index (χ4n) is 1.29. The Morgan fingerprint density at radius 2 is 2.50 bits per heavy atom. The van der Waals surface area contributed by atoms with E-state index in [-0.39, 0.29) is 0 Å². The van der Waals surface area contributed by atoms with Crippen LogP contribution in [0, 0.1) is 0 Å². The molecule has 1 unspecified atom stereocenters. The van der Waals surface area contributed by atoms with Gasteiger partial charge in [0.05, 0.1) is 6.61 Å². The van der Waals surface area contributed by atoms with Crippen molar-refractivity contribution in [3.8, 4) is 0 Å². The van der Waals surface area contributed by atoms with Crippen LogP contribution in [0.25, 0.3) is 0 Å². The summed E-state index contributed by atoms with van der Waals surface area (Å²) in [6, 6.07) is 0. The van der Waals surface area contributed by atoms with Crippen molar-refractivity contribution in [2.75, 3.05) is 19.8 Å². The van der Waals surface area contributed by atoms with Gasteiger partial charge in [0.25, 0.3) is 0 Å². The van der Waals surface area contributed by atoms with E-state index in [1.54, 1.807) is 0 Å². The molecule has 0 aliphatic carbocycles. The molecule has 0 aromatic carbocycles. The van der Waals surface area contributed by atoms with Gasteiger partial charge in [0.15, 0.2) is 0 Å². The fraction of sp³-hybridized carbons (Fsp3) is 1.00. The van der Waals surface area contributed by atoms with Crippen LogP contribution in [-0.4, -0.2) is 25.6 Å². The summed E-state index contributed by atoms with van der Waals surface area (Å²) in [6.07, 6.45) is 1.72. The molecule has 1 fully saturated rings. The molecular formula is C7H14FNO. The molecule has 1 N–H and O–H groups in total. The van der Waals surface area contributed by atoms with Gasteiger partial charge in [-0.2, -0.15) is 0 Å². The maximum absolute atomic E-state index is 12.4. The van der Waals surface area contributed by atoms with Crippen LogP contribution in [-0.2, 0) is 4.74 Å². The van der Waals surface area contributed by atoms with Crippen molar-refractivity contribution in [3.63, 3.8) is 0 Å². The lowest BCUT2D eigenvalue weighted by Crippen LogP contribution is -2.43. The van der Waals surface area contributed by atoms with Crippen molar-refractivity contribution in [3.05, 3.63) is 0 Å². The predicted molar refractivity (Wildman–Crippen MR) is 37.6 cm³/mol. The molecule has 0 saturated carbocycles. The Labute approximate surface area is 60.8 Å². The van der Waals surface area contributed by atoms with Crippen LogP contribution in [0.3, 0.4) is 0 Å². The summed E-state index contributed by atoms with van der Waals surface area (Å²) in [5.74, 6) is 0. The number of hydrogen-bond acceptors (Lipinski definition) is 2. The third-order valence-corrected chi connectivity index (χ3v) is 1.80. The highest BCUT2D eigenvalue weighted by molar-refractivity contribution is 4.81. The molecule has 0 radical (unpaired) electrons. The lowest BCUT2D eigenvalue weighted by Gasteiger charge is -2.24. The molecule has 2 nitrogen and oxygen atoms in total. The van der Waals surface area contributed by atoms with E-state index < -0.39 is 12.4 Å². The zero-order valence-corrected chi connectivity index (χ0v) is 6.32. The number of nitrogens with one attached hydrogen (secondary N) is 1. The molecule has 3 heteroatoms. The molecule has 1 rings (SSSR count). The van der Waals surface area contributed by atoms with Crippen LogP contribution in [0.1, 0.15) is 19.8 Å². The van der Waals surface area contributed by atoms with Crippen LogP contribution in [0.2, 0.25) is 0 Å². The highest BCUT2D eigenvalue weighted by Crippen LogP contribution is 2.18. The number of halogens is 1. The van der Waals surface area contributed by atoms with Gasteiger partial charge in [-0.3, -0.25) is 5.32 Å². The third kappa shape index (κ3) is 1.47. The second-order valence-corrected chi connectivity index (χ2v) is 2.65. The first-order valence-corrected chi connectivity index (χ1v) is 3.78. The average Bonchev–Trinajstić information content (AvgIpc) is 2.39. The summed E-state index contributed by atoms with van der Waals surface area (Å²) in [7, 11) is 0. The van der Waals surface area contributed by atoms with Gasteiger partial charge in [-0.25, -0.2) is 4.39 Å². The number of alkyl halides is 1. The second-order valence-electron chi connectivity index (χ2n) is 2.65. The van der Waals surface area contributed by atoms with Crippen LogP contribution < -0.4 is 5.32 Å². The lowest BCUT2D eigenvalue weighted by atomic mass is 10.1. The van der Waals surface area contributed by atoms with E-state index >= 15 is 0 Å². The minimum atomic E-state index is -0.630. The normalized spacial score (nSPS) is 33.0. The molecule has 10 heavy (non-hydrogen) atoms. The minimum absolute atomic E-state index is 0.416. The quantitative estimate of drug-likeness (QED) is 0.644. The van der Waals surface area contributed by atoms with Crippen LogP contribution in [0.5, 0.6) is 0 Å². The van der Waals surface area contributed by atoms with Crippen molar-refractivity contribution in [1.82, 2.24) is 5.32 Å². The molecule has 0 amide bonds. The molecule has 0 aromatic heterocycles. The van der Waals surface area contributed by atoms with Crippen molar-refractivity contribution in [1.29, 1.82) is 0 Å². The molecule has 0 spiro atoms. The Morgan fingerprint density at radius 1 is 1.70 bits per heavy atom. The van der Waals surface area contributed by atoms with Gasteiger partial charge in [-0.1, -0.05) is 13.3 Å². The summed E-state index contributed by atoms with van der Waals surface area (Å²) in [5.41, 5.74) is -0.630. The topological polar surface area (TPSA) is 21.3 Å². The number of rotatable bonds is 3. The lowest BCUT2D eigenvalue weighted by molar-refractivity contribution is -0.0355. The van der Waals surface area contributed by atoms with Gasteiger partial charge in [-0.05, 0) is 6.42 Å². The van der Waals surface area contributed by atoms with Crippen LogP contribution in [0.15, 0.2) is 0 Å². The minimum Gasteiger partial charge on any atom is -0.357 e. The first-order valence-electron chi connectivity index (χ1n) is 3.78. The average molecular weight is 147 g/mol. The Balaban J connectivity index is 2.41. The van der Waals surface area contributed by atoms with Crippen molar-refractivity contribution >= 4 is 0 Å². The van der Waals surface area contributed by atoms with Crippen LogP contribution in [0.4, 0.5) is 4.39 Å². The van der Waals surface area contributed by atoms with Crippen molar-refractivity contribution < 1.29 is 9.13 Å². The van der Waals surface area contributed by atoms with E-state index in [4.69, 9.17) is 4.74 Å². The SMILES string of the molecule is CCCC1(CF)NCCO1. The van der Waals surface area contributed by atoms with Gasteiger partial charge in [0.1, 0.15) is 12.4 Å². The summed E-state index contributed by atoms with van der Waals surface area (Å²) >= 11 is 0. The van der Waals surface area contributed by atoms with E-state index in [0.29, 0.717) is 6.61 Å². The Hall–Kier alpha value is -0.150. The standard InChI is InChI=1S/C7H14FNO/c1-2-3-7(6-8)9-4-5-10-7/h9H,2-6H2,1H3. The van der Waals surface area contributed by atoms with E-state index in [1.165, 1.54) is 0 Å². The van der Waals surface area contributed by atoms with Gasteiger partial charge in [0, 0.05) is 6.54 Å². The fourth-order valence-corrected chi connectivity index (χ4v) is 1.29. The summed E-state index contributed by atoms with van der Waals surface area (Å²) in [5, 5.41) is 3.02. The molecule has 0 aromatic rings. The van der Waals surface area contributed by atoms with E-state index in [2.05, 4.69) is 5.32 Å². The Morgan fingerprint density at radius 3 is 2.90 bits per heavy atom. The smallest absolute Gasteiger partial charge is 0.147 e. The van der Waals surface area contributed by atoms with E-state index in [1.807, 2.05) is 6.92 Å². The molecule has 1 atom stereocenters. The first kappa shape index (κ1) is 7.95. The Bertz CT molecular complexity index is 102. The summed E-state index contributed by atoms with van der Waals surface area (Å²) < 4.78 is 17.6. The van der Waals surface area contributed by atoms with Crippen LogP contribution >= 0.6 is 0 Å². The largest absolute Gasteiger partial charge is 0.357 e. The molecule has 1 saturated heterocycles. The third-order valence-electron chi connectivity index (χ3n) is 1.80. The maximum atomic E-state index is 12.4. The number of hydrogen-bond donors (Lipinski definition) is 1. The second kappa shape index (κ2) is 3.30. The monoisotopic (exact) mass is 147 g/mol. The van der Waals surface area contributed by atoms with Crippen molar-refractivity contribution in [2.24, 2.45) is 0 Å². The first-order chi connectivity index (χ1) is 4.83. The molecule has 1 aliphatic heterocycles. The van der Waals surface area contributed by atoms with E-state index in [0.717, 1.165) is 19.4 Å². The molecule has 60 valence electrons. The highest BCUT2D eigenvalue weighted by atomic mass is 19.1. The van der Waals surface area contributed by atoms with E-state index in [9.17, 15) is 4.39 Å². The van der Waals surface area contributed by atoms with Gasteiger partial charge in [-0.15, -0.1) is 0 Å². The summed E-state index contributed by atoms with van der Waals surface area (Å²) in [4.78, 5) is 0. The Kier molecular flexibility index (Phi) is 2.63. The zero-order valence-electron chi connectivity index (χ0n) is 6.32. The molecule has 0 bridgehead atoms. The molecular weight excluding hydrogens is 133 g/mol. The molecule has 1 heterocycles. The van der Waals surface area contributed by atoms with Gasteiger partial charge in [0.2, 0.25) is 0 Å². The summed E-state index contributed by atoms with van der Waals surface area (Å²) in [6.45, 7) is 3.04. The maximum Gasteiger partial charge on any atom is 0.147 e. The predicted octanol–water partition coefficient (Wildman–Crippen LogP) is 1.07. The van der Waals surface area contributed by atoms with Gasteiger partial charge < -0.3 is 4.74 Å². The zero-order chi connectivity index (χ0) is 7.45.